The maximum absolute atomic E-state index is 4.08. The molecular weight excluding hydrogens is 799 g/mol. The smallest absolute Gasteiger partial charge is 0.0548 e. The van der Waals surface area contributed by atoms with Gasteiger partial charge in [0.2, 0.25) is 0 Å². The molecule has 0 saturated heterocycles. The zero-order valence-corrected chi connectivity index (χ0v) is 43.7. The Kier molecular flexibility index (Phi) is 12.9. The molecule has 0 saturated carbocycles. The van der Waals surface area contributed by atoms with Crippen LogP contribution in [0.15, 0.2) is 121 Å². The Morgan fingerprint density at radius 2 is 0.924 bits per heavy atom. The third-order valence-corrected chi connectivity index (χ3v) is 13.7. The first-order valence-electron chi connectivity index (χ1n) is 24.4. The molecule has 1 atom stereocenters. The highest BCUT2D eigenvalue weighted by atomic mass is 15.0. The van der Waals surface area contributed by atoms with Gasteiger partial charge in [0.15, 0.2) is 0 Å². The number of rotatable bonds is 9. The van der Waals surface area contributed by atoms with Crippen molar-refractivity contribution < 1.29 is 0 Å². The van der Waals surface area contributed by atoms with Crippen LogP contribution in [0, 0.1) is 11.8 Å². The number of aromatic nitrogens is 1. The highest BCUT2D eigenvalue weighted by Gasteiger charge is 2.24. The number of nitrogens with one attached hydrogen (secondary N) is 2. The molecule has 0 spiro atoms. The summed E-state index contributed by atoms with van der Waals surface area (Å²) in [5, 5.41) is 10.4. The van der Waals surface area contributed by atoms with Gasteiger partial charge in [-0.1, -0.05) is 179 Å². The summed E-state index contributed by atoms with van der Waals surface area (Å²) < 4.78 is 2.47. The fourth-order valence-electron chi connectivity index (χ4n) is 8.67. The Labute approximate surface area is 399 Å². The monoisotopic (exact) mass is 878 g/mol. The zero-order valence-electron chi connectivity index (χ0n) is 43.7. The van der Waals surface area contributed by atoms with E-state index in [1.165, 1.54) is 72.0 Å². The molecule has 0 aliphatic heterocycles. The van der Waals surface area contributed by atoms with Crippen LogP contribution in [0.3, 0.4) is 0 Å². The molecule has 0 amide bonds. The number of fused-ring (bicyclic) bond motifs is 3. The minimum absolute atomic E-state index is 0.00535. The number of hydrogen-bond donors (Lipinski definition) is 2. The largest absolute Gasteiger partial charge is 0.355 e. The molecule has 0 aliphatic rings. The molecule has 1 heterocycles. The lowest BCUT2D eigenvalue weighted by Crippen LogP contribution is -2.13. The molecule has 2 N–H and O–H groups in total. The summed E-state index contributed by atoms with van der Waals surface area (Å²) in [6.07, 6.45) is 4.74. The van der Waals surface area contributed by atoms with Crippen LogP contribution in [0.2, 0.25) is 0 Å². The van der Waals surface area contributed by atoms with E-state index in [0.717, 1.165) is 22.7 Å². The Balaban J connectivity index is 1.45. The van der Waals surface area contributed by atoms with Crippen LogP contribution in [-0.2, 0) is 27.1 Å². The predicted molar refractivity (Wildman–Crippen MR) is 292 cm³/mol. The molecule has 0 bridgehead atoms. The van der Waals surface area contributed by atoms with E-state index in [1.807, 2.05) is 0 Å². The summed E-state index contributed by atoms with van der Waals surface area (Å²) in [6.45, 7) is 41.4. The summed E-state index contributed by atoms with van der Waals surface area (Å²) >= 11 is 0. The van der Waals surface area contributed by atoms with Crippen LogP contribution >= 0.6 is 0 Å². The number of anilines is 4. The summed E-state index contributed by atoms with van der Waals surface area (Å²) in [5.74, 6) is 0.944. The number of benzene rings is 6. The van der Waals surface area contributed by atoms with Crippen molar-refractivity contribution in [3.63, 3.8) is 0 Å². The van der Waals surface area contributed by atoms with Crippen molar-refractivity contribution in [2.45, 2.75) is 152 Å². The molecule has 6 aromatic carbocycles. The van der Waals surface area contributed by atoms with E-state index in [4.69, 9.17) is 0 Å². The standard InChI is InChI=1S/C63H79N3/c1-40(2)41(3)19-20-42-35-58-54(53-38-47(62(13,14)15)26-32-57(53)66(58)51-29-23-45(24-30-51)60(7,8)9)39-56(42)65-50-34-43(33-48(36-50)63(16,17)18)52-37-46(61(10,11)12)25-31-55(52)64-49-27-21-44(22-28-49)59(4,5)6/h19-41,64-65H,1-18H3/b20-19+. The molecule has 7 aromatic rings. The summed E-state index contributed by atoms with van der Waals surface area (Å²) in [5.41, 5.74) is 18.1. The first kappa shape index (κ1) is 48.4. The Hall–Kier alpha value is -5.54. The summed E-state index contributed by atoms with van der Waals surface area (Å²) in [6, 6.07) is 44.2. The first-order chi connectivity index (χ1) is 30.6. The number of allylic oxidation sites excluding steroid dienone is 1. The van der Waals surface area contributed by atoms with Gasteiger partial charge in [0, 0.05) is 44.8 Å². The maximum atomic E-state index is 4.08. The predicted octanol–water partition coefficient (Wildman–Crippen LogP) is 18.7. The van der Waals surface area contributed by atoms with Gasteiger partial charge < -0.3 is 15.2 Å². The van der Waals surface area contributed by atoms with Gasteiger partial charge in [-0.05, 0) is 151 Å². The summed E-state index contributed by atoms with van der Waals surface area (Å²) in [7, 11) is 0. The molecule has 0 aliphatic carbocycles. The fraction of sp³-hybridized carbons (Fsp3) is 0.397. The van der Waals surface area contributed by atoms with E-state index in [2.05, 4.69) is 267 Å². The van der Waals surface area contributed by atoms with E-state index in [9.17, 15) is 0 Å². The molecule has 1 unspecified atom stereocenters. The topological polar surface area (TPSA) is 29.0 Å². The van der Waals surface area contributed by atoms with Crippen molar-refractivity contribution >= 4 is 50.6 Å². The first-order valence-corrected chi connectivity index (χ1v) is 24.4. The molecule has 1 aromatic heterocycles. The van der Waals surface area contributed by atoms with Crippen LogP contribution in [0.4, 0.5) is 22.7 Å². The van der Waals surface area contributed by atoms with Crippen molar-refractivity contribution in [1.29, 1.82) is 0 Å². The minimum Gasteiger partial charge on any atom is -0.355 e. The van der Waals surface area contributed by atoms with E-state index in [1.54, 1.807) is 0 Å². The van der Waals surface area contributed by atoms with Gasteiger partial charge in [-0.25, -0.2) is 0 Å². The Morgan fingerprint density at radius 1 is 0.424 bits per heavy atom. The van der Waals surface area contributed by atoms with Gasteiger partial charge >= 0.3 is 0 Å². The second-order valence-electron chi connectivity index (χ2n) is 24.7. The average molecular weight is 878 g/mol. The van der Waals surface area contributed by atoms with Crippen molar-refractivity contribution in [3.05, 3.63) is 155 Å². The van der Waals surface area contributed by atoms with E-state index < -0.39 is 0 Å². The van der Waals surface area contributed by atoms with E-state index in [0.29, 0.717) is 11.8 Å². The normalized spacial score (nSPS) is 13.6. The lowest BCUT2D eigenvalue weighted by Gasteiger charge is -2.25. The van der Waals surface area contributed by atoms with Crippen LogP contribution in [-0.4, -0.2) is 4.57 Å². The number of hydrogen-bond acceptors (Lipinski definition) is 2. The van der Waals surface area contributed by atoms with Gasteiger partial charge in [0.25, 0.3) is 0 Å². The molecule has 0 fully saturated rings. The number of nitrogens with zero attached hydrogens (tertiary/aromatic N) is 1. The summed E-state index contributed by atoms with van der Waals surface area (Å²) in [4.78, 5) is 0. The highest BCUT2D eigenvalue weighted by Crippen LogP contribution is 2.43. The van der Waals surface area contributed by atoms with Gasteiger partial charge in [0.1, 0.15) is 0 Å². The van der Waals surface area contributed by atoms with Crippen LogP contribution in [0.5, 0.6) is 0 Å². The third-order valence-electron chi connectivity index (χ3n) is 13.7. The molecule has 66 heavy (non-hydrogen) atoms. The molecule has 346 valence electrons. The van der Waals surface area contributed by atoms with Gasteiger partial charge in [-0.15, -0.1) is 0 Å². The van der Waals surface area contributed by atoms with Crippen molar-refractivity contribution in [2.24, 2.45) is 11.8 Å². The second kappa shape index (κ2) is 17.6. The van der Waals surface area contributed by atoms with Gasteiger partial charge in [0.05, 0.1) is 11.0 Å². The molecule has 3 heteroatoms. The van der Waals surface area contributed by atoms with Gasteiger partial charge in [-0.3, -0.25) is 0 Å². The lowest BCUT2D eigenvalue weighted by molar-refractivity contribution is 0.506. The van der Waals surface area contributed by atoms with Crippen molar-refractivity contribution in [1.82, 2.24) is 4.57 Å². The van der Waals surface area contributed by atoms with Crippen molar-refractivity contribution in [3.8, 4) is 16.8 Å². The molecular formula is C63H79N3. The molecule has 3 nitrogen and oxygen atoms in total. The lowest BCUT2D eigenvalue weighted by atomic mass is 9.82. The fourth-order valence-corrected chi connectivity index (χ4v) is 8.67. The Bertz CT molecular complexity index is 2880. The molecule has 0 radical (unpaired) electrons. The second-order valence-corrected chi connectivity index (χ2v) is 24.7. The average Bonchev–Trinajstić information content (AvgIpc) is 3.53. The van der Waals surface area contributed by atoms with Gasteiger partial charge in [-0.2, -0.15) is 0 Å². The third kappa shape index (κ3) is 10.5. The van der Waals surface area contributed by atoms with Crippen LogP contribution in [0.25, 0.3) is 44.7 Å². The maximum Gasteiger partial charge on any atom is 0.0548 e. The SMILES string of the molecule is CC(C)C(C)/C=C/c1cc2c(cc1Nc1cc(-c3cc(C(C)(C)C)ccc3Nc3ccc(C(C)(C)C)cc3)cc(C(C)(C)C)c1)c1cc(C(C)(C)C)ccc1n2-c1ccc(C(C)(C)C)cc1. The van der Waals surface area contributed by atoms with Crippen LogP contribution in [0.1, 0.15) is 158 Å². The van der Waals surface area contributed by atoms with E-state index in [-0.39, 0.29) is 27.1 Å². The highest BCUT2D eigenvalue weighted by molar-refractivity contribution is 6.11. The quantitative estimate of drug-likeness (QED) is 0.151. The Morgan fingerprint density at radius 3 is 1.48 bits per heavy atom. The minimum atomic E-state index is -0.0941. The van der Waals surface area contributed by atoms with Crippen molar-refractivity contribution in [2.75, 3.05) is 10.6 Å². The zero-order chi connectivity index (χ0) is 48.3. The van der Waals surface area contributed by atoms with Crippen LogP contribution < -0.4 is 10.6 Å². The van der Waals surface area contributed by atoms with E-state index >= 15 is 0 Å². The molecule has 7 rings (SSSR count).